The third-order valence-electron chi connectivity index (χ3n) is 4.51. The lowest BCUT2D eigenvalue weighted by molar-refractivity contribution is -0.113. The number of nitrogens with zero attached hydrogens (tertiary/aromatic N) is 3. The number of carbonyl (C=O) groups is 2. The minimum Gasteiger partial charge on any atom is -0.465 e. The first-order chi connectivity index (χ1) is 13.3. The molecular weight excluding hydrogens is 402 g/mol. The number of methoxy groups -OCH3 is 1. The van der Waals surface area contributed by atoms with Gasteiger partial charge in [-0.1, -0.05) is 18.7 Å². The van der Waals surface area contributed by atoms with Crippen molar-refractivity contribution in [2.75, 3.05) is 24.0 Å². The second-order valence-corrected chi connectivity index (χ2v) is 8.68. The molecule has 11 heteroatoms. The average molecular weight is 424 g/mol. The van der Waals surface area contributed by atoms with Gasteiger partial charge in [0.1, 0.15) is 10.7 Å². The Labute approximate surface area is 169 Å². The number of nitrogens with one attached hydrogen (secondary N) is 1. The van der Waals surface area contributed by atoms with Crippen molar-refractivity contribution in [1.82, 2.24) is 14.9 Å². The van der Waals surface area contributed by atoms with Gasteiger partial charge in [-0.3, -0.25) is 9.59 Å². The summed E-state index contributed by atoms with van der Waals surface area (Å²) in [5.41, 5.74) is 1.13. The predicted octanol–water partition coefficient (Wildman–Crippen LogP) is 1.36. The van der Waals surface area contributed by atoms with E-state index in [1.807, 2.05) is 0 Å². The lowest BCUT2D eigenvalue weighted by Gasteiger charge is -2.18. The van der Waals surface area contributed by atoms with Crippen molar-refractivity contribution < 1.29 is 14.3 Å². The van der Waals surface area contributed by atoms with Gasteiger partial charge in [-0.25, -0.2) is 4.79 Å². The number of nitrogen functional groups attached to an aromatic ring is 1. The summed E-state index contributed by atoms with van der Waals surface area (Å²) < 4.78 is 5.78. The zero-order valence-corrected chi connectivity index (χ0v) is 17.4. The molecule has 1 amide bonds. The van der Waals surface area contributed by atoms with Crippen LogP contribution < -0.4 is 16.7 Å². The first-order valence-electron chi connectivity index (χ1n) is 8.68. The van der Waals surface area contributed by atoms with Crippen LogP contribution in [0.2, 0.25) is 0 Å². The molecule has 0 aromatic carbocycles. The number of thioether (sulfide) groups is 1. The number of thiophene rings is 1. The number of aryl methyl sites for hydroxylation is 1. The standard InChI is InChI=1S/C17H21N5O4S2/c1-8-4-5-10-11(6-8)28-14(13(10)16(25)26-3)19-12(23)7-27-17-21-20-9(2)15(24)22(17)18/h8H,4-7,18H2,1-3H3,(H,19,23). The maximum absolute atomic E-state index is 12.4. The summed E-state index contributed by atoms with van der Waals surface area (Å²) in [7, 11) is 1.33. The fourth-order valence-corrected chi connectivity index (χ4v) is 5.09. The first kappa shape index (κ1) is 20.3. The fourth-order valence-electron chi connectivity index (χ4n) is 3.02. The SMILES string of the molecule is COC(=O)c1c(NC(=O)CSc2nnc(C)c(=O)n2N)sc2c1CCC(C)C2. The molecule has 1 aliphatic rings. The number of hydrogen-bond donors (Lipinski definition) is 2. The molecule has 1 unspecified atom stereocenters. The molecule has 1 atom stereocenters. The van der Waals surface area contributed by atoms with E-state index >= 15 is 0 Å². The van der Waals surface area contributed by atoms with Crippen molar-refractivity contribution >= 4 is 40.0 Å². The van der Waals surface area contributed by atoms with Crippen LogP contribution in [0, 0.1) is 12.8 Å². The van der Waals surface area contributed by atoms with E-state index in [0.29, 0.717) is 16.5 Å². The Kier molecular flexibility index (Phi) is 6.04. The third kappa shape index (κ3) is 4.04. The van der Waals surface area contributed by atoms with Gasteiger partial charge in [0.2, 0.25) is 11.1 Å². The lowest BCUT2D eigenvalue weighted by Crippen LogP contribution is -2.32. The van der Waals surface area contributed by atoms with Crippen LogP contribution >= 0.6 is 23.1 Å². The Balaban J connectivity index is 1.76. The van der Waals surface area contributed by atoms with Crippen LogP contribution in [0.1, 0.15) is 39.8 Å². The van der Waals surface area contributed by atoms with Gasteiger partial charge < -0.3 is 15.9 Å². The maximum atomic E-state index is 12.4. The number of nitrogens with two attached hydrogens (primary N) is 1. The molecule has 2 aromatic rings. The van der Waals surface area contributed by atoms with Crippen molar-refractivity contribution in [3.63, 3.8) is 0 Å². The molecule has 1 aliphatic carbocycles. The van der Waals surface area contributed by atoms with Gasteiger partial charge >= 0.3 is 5.97 Å². The second-order valence-electron chi connectivity index (χ2n) is 6.63. The largest absolute Gasteiger partial charge is 0.465 e. The van der Waals surface area contributed by atoms with Gasteiger partial charge in [-0.15, -0.1) is 21.5 Å². The molecule has 0 radical (unpaired) electrons. The summed E-state index contributed by atoms with van der Waals surface area (Å²) in [5, 5.41) is 11.0. The van der Waals surface area contributed by atoms with E-state index in [1.165, 1.54) is 25.4 Å². The van der Waals surface area contributed by atoms with Crippen LogP contribution in [0.25, 0.3) is 0 Å². The predicted molar refractivity (Wildman–Crippen MR) is 107 cm³/mol. The van der Waals surface area contributed by atoms with Crippen LogP contribution in [0.5, 0.6) is 0 Å². The number of hydrogen-bond acceptors (Lipinski definition) is 9. The Hall–Kier alpha value is -2.40. The molecule has 2 heterocycles. The lowest BCUT2D eigenvalue weighted by atomic mass is 9.88. The second kappa shape index (κ2) is 8.31. The Morgan fingerprint density at radius 2 is 2.18 bits per heavy atom. The summed E-state index contributed by atoms with van der Waals surface area (Å²) in [6, 6.07) is 0. The minimum absolute atomic E-state index is 0.0338. The Morgan fingerprint density at radius 3 is 2.89 bits per heavy atom. The quantitative estimate of drug-likeness (QED) is 0.419. The number of esters is 1. The molecular formula is C17H21N5O4S2. The molecule has 2 aromatic heterocycles. The van der Waals surface area contributed by atoms with E-state index in [9.17, 15) is 14.4 Å². The minimum atomic E-state index is -0.467. The van der Waals surface area contributed by atoms with E-state index < -0.39 is 11.5 Å². The average Bonchev–Trinajstić information content (AvgIpc) is 3.01. The topological polar surface area (TPSA) is 129 Å². The van der Waals surface area contributed by atoms with Crippen LogP contribution in [0.3, 0.4) is 0 Å². The van der Waals surface area contributed by atoms with Gasteiger partial charge in [0.05, 0.1) is 18.4 Å². The monoisotopic (exact) mass is 423 g/mol. The van der Waals surface area contributed by atoms with Crippen molar-refractivity contribution in [3.05, 3.63) is 32.1 Å². The summed E-state index contributed by atoms with van der Waals surface area (Å²) in [6.45, 7) is 3.68. The summed E-state index contributed by atoms with van der Waals surface area (Å²) >= 11 is 2.41. The molecule has 0 saturated carbocycles. The molecule has 3 rings (SSSR count). The molecule has 0 fully saturated rings. The Morgan fingerprint density at radius 1 is 1.43 bits per heavy atom. The van der Waals surface area contributed by atoms with Crippen LogP contribution in [0.4, 0.5) is 5.00 Å². The highest BCUT2D eigenvalue weighted by Gasteiger charge is 2.28. The molecule has 0 saturated heterocycles. The zero-order chi connectivity index (χ0) is 20.4. The summed E-state index contributed by atoms with van der Waals surface area (Å²) in [6.07, 6.45) is 2.67. The van der Waals surface area contributed by atoms with Crippen LogP contribution in [-0.4, -0.2) is 39.6 Å². The molecule has 0 bridgehead atoms. The van der Waals surface area contributed by atoms with Gasteiger partial charge in [0.25, 0.3) is 5.56 Å². The number of carbonyl (C=O) groups excluding carboxylic acids is 2. The van der Waals surface area contributed by atoms with Crippen LogP contribution in [0.15, 0.2) is 9.95 Å². The van der Waals surface area contributed by atoms with E-state index in [-0.39, 0.29) is 22.5 Å². The molecule has 0 aliphatic heterocycles. The summed E-state index contributed by atoms with van der Waals surface area (Å²) in [4.78, 5) is 37.6. The van der Waals surface area contributed by atoms with Crippen molar-refractivity contribution in [1.29, 1.82) is 0 Å². The first-order valence-corrected chi connectivity index (χ1v) is 10.5. The number of amides is 1. The number of aromatic nitrogens is 3. The van der Waals surface area contributed by atoms with Gasteiger partial charge in [0, 0.05) is 4.88 Å². The highest BCUT2D eigenvalue weighted by Crippen LogP contribution is 2.40. The number of fused-ring (bicyclic) bond motifs is 1. The molecule has 150 valence electrons. The molecule has 3 N–H and O–H groups in total. The Bertz CT molecular complexity index is 985. The van der Waals surface area contributed by atoms with Crippen molar-refractivity contribution in [3.8, 4) is 0 Å². The fraction of sp³-hybridized carbons (Fsp3) is 0.471. The van der Waals surface area contributed by atoms with Gasteiger partial charge in [0.15, 0.2) is 0 Å². The zero-order valence-electron chi connectivity index (χ0n) is 15.8. The van der Waals surface area contributed by atoms with E-state index in [4.69, 9.17) is 10.6 Å². The number of rotatable bonds is 5. The molecule has 28 heavy (non-hydrogen) atoms. The van der Waals surface area contributed by atoms with Gasteiger partial charge in [-0.2, -0.15) is 4.68 Å². The molecule has 0 spiro atoms. The third-order valence-corrected chi connectivity index (χ3v) is 6.62. The molecule has 9 nitrogen and oxygen atoms in total. The normalized spacial score (nSPS) is 15.8. The van der Waals surface area contributed by atoms with Crippen LogP contribution in [-0.2, 0) is 22.4 Å². The smallest absolute Gasteiger partial charge is 0.341 e. The van der Waals surface area contributed by atoms with Gasteiger partial charge in [-0.05, 0) is 37.7 Å². The highest BCUT2D eigenvalue weighted by molar-refractivity contribution is 7.99. The van der Waals surface area contributed by atoms with E-state index in [1.54, 1.807) is 0 Å². The summed E-state index contributed by atoms with van der Waals surface area (Å²) in [5.74, 6) is 5.39. The highest BCUT2D eigenvalue weighted by atomic mass is 32.2. The van der Waals surface area contributed by atoms with E-state index in [0.717, 1.165) is 46.1 Å². The number of ether oxygens (including phenoxy) is 1. The van der Waals surface area contributed by atoms with Crippen molar-refractivity contribution in [2.24, 2.45) is 5.92 Å². The van der Waals surface area contributed by atoms with Crippen molar-refractivity contribution in [2.45, 2.75) is 38.3 Å². The number of anilines is 1. The maximum Gasteiger partial charge on any atom is 0.341 e. The van der Waals surface area contributed by atoms with E-state index in [2.05, 4.69) is 22.4 Å².